The van der Waals surface area contributed by atoms with Gasteiger partial charge in [-0.05, 0) is 17.7 Å². The summed E-state index contributed by atoms with van der Waals surface area (Å²) in [6, 6.07) is 5.98. The van der Waals surface area contributed by atoms with Gasteiger partial charge in [-0.15, -0.1) is 0 Å². The molecule has 1 heterocycles. The Bertz CT molecular complexity index is 464. The molecule has 0 saturated heterocycles. The summed E-state index contributed by atoms with van der Waals surface area (Å²) >= 11 is 0. The second-order valence-electron chi connectivity index (χ2n) is 3.30. The van der Waals surface area contributed by atoms with Crippen molar-refractivity contribution in [3.8, 4) is 0 Å². The monoisotopic (exact) mass is 219 g/mol. The fraction of sp³-hybridized carbons (Fsp3) is 0.0909. The van der Waals surface area contributed by atoms with Gasteiger partial charge < -0.3 is 5.32 Å². The number of H-pyrrole nitrogens is 1. The number of nitrogens with zero attached hydrogens (tertiary/aromatic N) is 1. The highest BCUT2D eigenvalue weighted by Gasteiger charge is 2.05. The first-order valence-corrected chi connectivity index (χ1v) is 4.77. The molecule has 0 aliphatic heterocycles. The molecule has 16 heavy (non-hydrogen) atoms. The van der Waals surface area contributed by atoms with Crippen LogP contribution in [-0.2, 0) is 6.54 Å². The van der Waals surface area contributed by atoms with Crippen LogP contribution in [0.2, 0.25) is 0 Å². The zero-order valence-corrected chi connectivity index (χ0v) is 8.40. The molecule has 4 nitrogen and oxygen atoms in total. The lowest BCUT2D eigenvalue weighted by Crippen LogP contribution is -2.22. The summed E-state index contributed by atoms with van der Waals surface area (Å²) in [4.78, 5) is 11.5. The van der Waals surface area contributed by atoms with Crippen LogP contribution in [0.4, 0.5) is 4.39 Å². The summed E-state index contributed by atoms with van der Waals surface area (Å²) in [6.07, 6.45) is 2.96. The number of benzene rings is 1. The van der Waals surface area contributed by atoms with Crippen molar-refractivity contribution in [2.45, 2.75) is 6.54 Å². The average molecular weight is 219 g/mol. The number of aromatic amines is 1. The van der Waals surface area contributed by atoms with E-state index in [4.69, 9.17) is 0 Å². The molecule has 0 spiro atoms. The zero-order chi connectivity index (χ0) is 11.4. The van der Waals surface area contributed by atoms with Crippen molar-refractivity contribution in [3.63, 3.8) is 0 Å². The summed E-state index contributed by atoms with van der Waals surface area (Å²) in [5.41, 5.74) is 1.32. The minimum Gasteiger partial charge on any atom is -0.348 e. The number of rotatable bonds is 3. The normalized spacial score (nSPS) is 10.1. The Kier molecular flexibility index (Phi) is 2.95. The van der Waals surface area contributed by atoms with Crippen LogP contribution in [0.25, 0.3) is 0 Å². The van der Waals surface area contributed by atoms with Gasteiger partial charge in [-0.2, -0.15) is 5.10 Å². The topological polar surface area (TPSA) is 57.8 Å². The molecule has 0 radical (unpaired) electrons. The molecule has 0 aliphatic carbocycles. The van der Waals surface area contributed by atoms with Crippen LogP contribution < -0.4 is 5.32 Å². The summed E-state index contributed by atoms with van der Waals surface area (Å²) in [7, 11) is 0. The lowest BCUT2D eigenvalue weighted by Gasteiger charge is -2.03. The lowest BCUT2D eigenvalue weighted by molar-refractivity contribution is 0.0951. The van der Waals surface area contributed by atoms with E-state index in [2.05, 4.69) is 15.5 Å². The van der Waals surface area contributed by atoms with E-state index in [1.54, 1.807) is 12.1 Å². The molecular formula is C11H10FN3O. The molecule has 0 saturated carbocycles. The number of aromatic nitrogens is 2. The summed E-state index contributed by atoms with van der Waals surface area (Å²) in [5.74, 6) is -0.497. The summed E-state index contributed by atoms with van der Waals surface area (Å²) < 4.78 is 12.6. The number of nitrogens with one attached hydrogen (secondary N) is 2. The number of hydrogen-bond donors (Lipinski definition) is 2. The predicted molar refractivity (Wildman–Crippen MR) is 56.2 cm³/mol. The van der Waals surface area contributed by atoms with Crippen LogP contribution in [0.15, 0.2) is 36.7 Å². The van der Waals surface area contributed by atoms with Crippen molar-refractivity contribution in [1.29, 1.82) is 0 Å². The number of carbonyl (C=O) groups excluding carboxylic acids is 1. The third kappa shape index (κ3) is 2.44. The number of carbonyl (C=O) groups is 1. The molecule has 0 fully saturated rings. The third-order valence-corrected chi connectivity index (χ3v) is 2.13. The Morgan fingerprint density at radius 1 is 1.38 bits per heavy atom. The SMILES string of the molecule is O=C(NCc1ccc(F)cc1)c1cn[nH]c1. The molecule has 0 unspecified atom stereocenters. The van der Waals surface area contributed by atoms with Crippen LogP contribution in [0.1, 0.15) is 15.9 Å². The standard InChI is InChI=1S/C11H10FN3O/c12-10-3-1-8(2-4-10)5-13-11(16)9-6-14-15-7-9/h1-4,6-7H,5H2,(H,13,16)(H,14,15). The zero-order valence-electron chi connectivity index (χ0n) is 8.40. The van der Waals surface area contributed by atoms with Crippen molar-refractivity contribution in [1.82, 2.24) is 15.5 Å². The first-order valence-electron chi connectivity index (χ1n) is 4.77. The van der Waals surface area contributed by atoms with Crippen LogP contribution in [0.5, 0.6) is 0 Å². The molecular weight excluding hydrogens is 209 g/mol. The van der Waals surface area contributed by atoms with Gasteiger partial charge in [-0.25, -0.2) is 4.39 Å². The van der Waals surface area contributed by atoms with Crippen LogP contribution in [-0.4, -0.2) is 16.1 Å². The Labute approximate surface area is 91.5 Å². The number of halogens is 1. The maximum atomic E-state index is 12.6. The number of amides is 1. The third-order valence-electron chi connectivity index (χ3n) is 2.13. The molecule has 1 aromatic heterocycles. The van der Waals surface area contributed by atoms with Crippen molar-refractivity contribution >= 4 is 5.91 Å². The quantitative estimate of drug-likeness (QED) is 0.821. The highest BCUT2D eigenvalue weighted by Crippen LogP contribution is 2.02. The highest BCUT2D eigenvalue weighted by molar-refractivity contribution is 5.93. The van der Waals surface area contributed by atoms with Crippen molar-refractivity contribution < 1.29 is 9.18 Å². The molecule has 0 aliphatic rings. The van der Waals surface area contributed by atoms with Gasteiger partial charge in [-0.3, -0.25) is 9.89 Å². The van der Waals surface area contributed by atoms with Gasteiger partial charge in [0.25, 0.3) is 5.91 Å². The van der Waals surface area contributed by atoms with E-state index in [-0.39, 0.29) is 11.7 Å². The smallest absolute Gasteiger partial charge is 0.254 e. The molecule has 0 bridgehead atoms. The molecule has 1 amide bonds. The molecule has 2 N–H and O–H groups in total. The molecule has 2 rings (SSSR count). The van der Waals surface area contributed by atoms with Gasteiger partial charge in [0.1, 0.15) is 5.82 Å². The van der Waals surface area contributed by atoms with Crippen molar-refractivity contribution in [2.24, 2.45) is 0 Å². The van der Waals surface area contributed by atoms with E-state index in [0.717, 1.165) is 5.56 Å². The van der Waals surface area contributed by atoms with Gasteiger partial charge in [0.15, 0.2) is 0 Å². The largest absolute Gasteiger partial charge is 0.348 e. The fourth-order valence-corrected chi connectivity index (χ4v) is 1.26. The molecule has 5 heteroatoms. The van der Waals surface area contributed by atoms with Gasteiger partial charge in [0, 0.05) is 12.7 Å². The molecule has 2 aromatic rings. The van der Waals surface area contributed by atoms with Gasteiger partial charge in [0.05, 0.1) is 11.8 Å². The maximum Gasteiger partial charge on any atom is 0.254 e. The summed E-state index contributed by atoms with van der Waals surface area (Å²) in [6.45, 7) is 0.365. The molecule has 1 aromatic carbocycles. The van der Waals surface area contributed by atoms with E-state index in [1.807, 2.05) is 0 Å². The van der Waals surface area contributed by atoms with Crippen molar-refractivity contribution in [3.05, 3.63) is 53.6 Å². The maximum absolute atomic E-state index is 12.6. The second-order valence-corrected chi connectivity index (χ2v) is 3.30. The Morgan fingerprint density at radius 2 is 2.12 bits per heavy atom. The predicted octanol–water partition coefficient (Wildman–Crippen LogP) is 1.48. The minimum absolute atomic E-state index is 0.210. The van der Waals surface area contributed by atoms with E-state index in [9.17, 15) is 9.18 Å². The molecule has 0 atom stereocenters. The molecule has 82 valence electrons. The van der Waals surface area contributed by atoms with Crippen LogP contribution in [0, 0.1) is 5.82 Å². The van der Waals surface area contributed by atoms with E-state index < -0.39 is 0 Å². The number of hydrogen-bond acceptors (Lipinski definition) is 2. The first-order chi connectivity index (χ1) is 7.75. The van der Waals surface area contributed by atoms with E-state index in [0.29, 0.717) is 12.1 Å². The van der Waals surface area contributed by atoms with E-state index >= 15 is 0 Å². The summed E-state index contributed by atoms with van der Waals surface area (Å²) in [5, 5.41) is 8.93. The Hall–Kier alpha value is -2.17. The van der Waals surface area contributed by atoms with Crippen LogP contribution in [0.3, 0.4) is 0 Å². The average Bonchev–Trinajstić information content (AvgIpc) is 2.81. The fourth-order valence-electron chi connectivity index (χ4n) is 1.26. The van der Waals surface area contributed by atoms with Gasteiger partial charge in [-0.1, -0.05) is 12.1 Å². The first kappa shape index (κ1) is 10.4. The highest BCUT2D eigenvalue weighted by atomic mass is 19.1. The second kappa shape index (κ2) is 4.57. The minimum atomic E-state index is -0.287. The Morgan fingerprint density at radius 3 is 2.75 bits per heavy atom. The van der Waals surface area contributed by atoms with Crippen molar-refractivity contribution in [2.75, 3.05) is 0 Å². The lowest BCUT2D eigenvalue weighted by atomic mass is 10.2. The van der Waals surface area contributed by atoms with Crippen LogP contribution >= 0.6 is 0 Å². The van der Waals surface area contributed by atoms with Gasteiger partial charge >= 0.3 is 0 Å². The Balaban J connectivity index is 1.93. The van der Waals surface area contributed by atoms with E-state index in [1.165, 1.54) is 24.5 Å². The van der Waals surface area contributed by atoms with Gasteiger partial charge in [0.2, 0.25) is 0 Å².